The van der Waals surface area contributed by atoms with Crippen LogP contribution in [0.4, 0.5) is 0 Å². The van der Waals surface area contributed by atoms with E-state index < -0.39 is 33.2 Å². The summed E-state index contributed by atoms with van der Waals surface area (Å²) >= 11 is 0. The molecular weight excluding hydrogens is 479 g/mol. The summed E-state index contributed by atoms with van der Waals surface area (Å²) in [5.41, 5.74) is 2.20. The van der Waals surface area contributed by atoms with Crippen LogP contribution in [0.1, 0.15) is 25.0 Å². The van der Waals surface area contributed by atoms with Gasteiger partial charge < -0.3 is 13.7 Å². The lowest BCUT2D eigenvalue weighted by atomic mass is 9.56. The molecule has 0 bridgehead atoms. The summed E-state index contributed by atoms with van der Waals surface area (Å²) in [4.78, 5) is 0. The van der Waals surface area contributed by atoms with Gasteiger partial charge in [0.05, 0.1) is 37.8 Å². The van der Waals surface area contributed by atoms with Crippen molar-refractivity contribution in [3.8, 4) is 23.6 Å². The van der Waals surface area contributed by atoms with Crippen molar-refractivity contribution >= 4 is 16.5 Å². The molecule has 0 saturated carbocycles. The number of nitrogens with zero attached hydrogens (tertiary/aromatic N) is 3. The maximum Gasteiger partial charge on any atom is 0.138 e. The molecule has 0 N–H and O–H groups in total. The number of ether oxygens (including phenoxy) is 2. The predicted molar refractivity (Wildman–Crippen MR) is 151 cm³/mol. The number of rotatable bonds is 7. The van der Waals surface area contributed by atoms with Crippen LogP contribution in [0.2, 0.25) is 39.3 Å². The molecule has 0 amide bonds. The SMILES string of the molecule is COc1ccc([C@]2(C)C(C#N)=C(N([Si](C)(C)C)[Si](C)(C)C)C(C#N)[C@@]2(C)c2ccc(OC)cc2)cc1. The van der Waals surface area contributed by atoms with E-state index >= 15 is 0 Å². The molecular formula is C29H39N3O2Si2. The fraction of sp³-hybridized carbons (Fsp3) is 0.448. The van der Waals surface area contributed by atoms with Crippen molar-refractivity contribution in [2.45, 2.75) is 64.0 Å². The first-order valence-corrected chi connectivity index (χ1v) is 19.2. The summed E-state index contributed by atoms with van der Waals surface area (Å²) in [7, 11) is -0.627. The topological polar surface area (TPSA) is 69.3 Å². The van der Waals surface area contributed by atoms with Crippen LogP contribution in [-0.2, 0) is 10.8 Å². The average molecular weight is 518 g/mol. The second-order valence-electron chi connectivity index (χ2n) is 11.9. The third-order valence-electron chi connectivity index (χ3n) is 7.83. The summed E-state index contributed by atoms with van der Waals surface area (Å²) in [6, 6.07) is 21.3. The zero-order valence-electron chi connectivity index (χ0n) is 23.4. The quantitative estimate of drug-likeness (QED) is 0.377. The molecule has 190 valence electrons. The Morgan fingerprint density at radius 3 is 1.50 bits per heavy atom. The Labute approximate surface area is 219 Å². The first-order valence-electron chi connectivity index (χ1n) is 12.4. The van der Waals surface area contributed by atoms with E-state index in [0.29, 0.717) is 5.57 Å². The zero-order valence-corrected chi connectivity index (χ0v) is 25.4. The Morgan fingerprint density at radius 2 is 1.17 bits per heavy atom. The molecule has 3 rings (SSSR count). The number of benzene rings is 2. The highest BCUT2D eigenvalue weighted by atomic mass is 28.4. The van der Waals surface area contributed by atoms with Crippen LogP contribution < -0.4 is 9.47 Å². The molecule has 0 aliphatic heterocycles. The van der Waals surface area contributed by atoms with E-state index in [9.17, 15) is 10.5 Å². The van der Waals surface area contributed by atoms with Crippen molar-refractivity contribution in [1.29, 1.82) is 10.5 Å². The third-order valence-corrected chi connectivity index (χ3v) is 15.0. The van der Waals surface area contributed by atoms with Crippen molar-refractivity contribution in [3.05, 3.63) is 70.9 Å². The minimum Gasteiger partial charge on any atom is -0.497 e. The molecule has 0 saturated heterocycles. The van der Waals surface area contributed by atoms with Crippen LogP contribution >= 0.6 is 0 Å². The van der Waals surface area contributed by atoms with Crippen LogP contribution in [0, 0.1) is 28.6 Å². The number of nitriles is 2. The summed E-state index contributed by atoms with van der Waals surface area (Å²) in [6.07, 6.45) is 0. The first-order chi connectivity index (χ1) is 16.7. The normalized spacial score (nSPS) is 24.2. The van der Waals surface area contributed by atoms with Gasteiger partial charge in [0.1, 0.15) is 28.0 Å². The highest BCUT2D eigenvalue weighted by Gasteiger charge is 2.63. The second kappa shape index (κ2) is 9.46. The van der Waals surface area contributed by atoms with Gasteiger partial charge in [-0.25, -0.2) is 0 Å². The monoisotopic (exact) mass is 517 g/mol. The van der Waals surface area contributed by atoms with Gasteiger partial charge in [-0.2, -0.15) is 10.5 Å². The Kier molecular flexibility index (Phi) is 7.25. The van der Waals surface area contributed by atoms with E-state index in [0.717, 1.165) is 28.3 Å². The minimum absolute atomic E-state index is 0.494. The van der Waals surface area contributed by atoms with Crippen molar-refractivity contribution in [1.82, 2.24) is 4.23 Å². The smallest absolute Gasteiger partial charge is 0.138 e. The standard InChI is InChI=1S/C29H39N3O2Si2/c1-28(21-11-15-23(33-3)16-12-21)25(19-30)27(32(35(5,6)7)36(8,9)10)26(20-31)29(28,2)22-13-17-24(34-4)18-14-22/h11-18,25H,1-10H3/t25?,28-,29-/m1/s1. The molecule has 2 aromatic rings. The molecule has 0 radical (unpaired) electrons. The minimum atomic E-state index is -1.96. The van der Waals surface area contributed by atoms with Gasteiger partial charge in [-0.05, 0) is 42.3 Å². The molecule has 2 aromatic carbocycles. The van der Waals surface area contributed by atoms with E-state index in [1.165, 1.54) is 0 Å². The van der Waals surface area contributed by atoms with Gasteiger partial charge in [0.15, 0.2) is 0 Å². The van der Waals surface area contributed by atoms with Gasteiger partial charge in [0.2, 0.25) is 0 Å². The van der Waals surface area contributed by atoms with Crippen molar-refractivity contribution in [2.75, 3.05) is 14.2 Å². The zero-order chi connectivity index (χ0) is 27.1. The Hall–Kier alpha value is -3.01. The molecule has 0 spiro atoms. The lowest BCUT2D eigenvalue weighted by Crippen LogP contribution is -2.59. The summed E-state index contributed by atoms with van der Waals surface area (Å²) in [6.45, 7) is 18.2. The molecule has 36 heavy (non-hydrogen) atoms. The Balaban J connectivity index is 2.49. The molecule has 0 fully saturated rings. The highest BCUT2D eigenvalue weighted by Crippen LogP contribution is 2.62. The molecule has 5 nitrogen and oxygen atoms in total. The molecule has 0 aromatic heterocycles. The van der Waals surface area contributed by atoms with E-state index in [1.807, 2.05) is 36.4 Å². The van der Waals surface area contributed by atoms with E-state index in [2.05, 4.69) is 81.6 Å². The molecule has 3 atom stereocenters. The van der Waals surface area contributed by atoms with Gasteiger partial charge in [0, 0.05) is 16.5 Å². The van der Waals surface area contributed by atoms with E-state index in [1.54, 1.807) is 14.2 Å². The van der Waals surface area contributed by atoms with Gasteiger partial charge in [0.25, 0.3) is 0 Å². The summed E-state index contributed by atoms with van der Waals surface area (Å²) < 4.78 is 13.4. The number of allylic oxidation sites excluding steroid dienone is 2. The third kappa shape index (κ3) is 4.15. The molecule has 7 heteroatoms. The van der Waals surface area contributed by atoms with Crippen LogP contribution in [0.25, 0.3) is 0 Å². The van der Waals surface area contributed by atoms with Crippen molar-refractivity contribution in [3.63, 3.8) is 0 Å². The lowest BCUT2D eigenvalue weighted by molar-refractivity contribution is 0.281. The van der Waals surface area contributed by atoms with Crippen LogP contribution in [0.3, 0.4) is 0 Å². The fourth-order valence-electron chi connectivity index (χ4n) is 6.31. The van der Waals surface area contributed by atoms with E-state index in [-0.39, 0.29) is 0 Å². The maximum atomic E-state index is 10.9. The predicted octanol–water partition coefficient (Wildman–Crippen LogP) is 6.82. The Bertz CT molecular complexity index is 1210. The number of methoxy groups -OCH3 is 2. The molecule has 0 heterocycles. The largest absolute Gasteiger partial charge is 0.497 e. The summed E-state index contributed by atoms with van der Waals surface area (Å²) in [5, 5.41) is 21.7. The van der Waals surface area contributed by atoms with Crippen LogP contribution in [0.5, 0.6) is 11.5 Å². The van der Waals surface area contributed by atoms with E-state index in [4.69, 9.17) is 9.47 Å². The van der Waals surface area contributed by atoms with Gasteiger partial charge in [-0.3, -0.25) is 0 Å². The maximum absolute atomic E-state index is 10.9. The van der Waals surface area contributed by atoms with Crippen molar-refractivity contribution in [2.24, 2.45) is 5.92 Å². The molecule has 1 unspecified atom stereocenters. The van der Waals surface area contributed by atoms with Gasteiger partial charge in [-0.15, -0.1) is 0 Å². The second-order valence-corrected chi connectivity index (χ2v) is 21.9. The van der Waals surface area contributed by atoms with Gasteiger partial charge in [-0.1, -0.05) is 70.5 Å². The fourth-order valence-corrected chi connectivity index (χ4v) is 16.3. The van der Waals surface area contributed by atoms with Crippen molar-refractivity contribution < 1.29 is 9.47 Å². The van der Waals surface area contributed by atoms with Crippen LogP contribution in [0.15, 0.2) is 59.8 Å². The molecule has 1 aliphatic rings. The first kappa shape index (κ1) is 27.6. The lowest BCUT2D eigenvalue weighted by Gasteiger charge is -2.49. The number of hydrogen-bond acceptors (Lipinski definition) is 5. The average Bonchev–Trinajstić information content (AvgIpc) is 3.01. The number of hydrogen-bond donors (Lipinski definition) is 0. The van der Waals surface area contributed by atoms with Gasteiger partial charge >= 0.3 is 0 Å². The Morgan fingerprint density at radius 1 is 0.750 bits per heavy atom. The molecule has 1 aliphatic carbocycles. The summed E-state index contributed by atoms with van der Waals surface area (Å²) in [5.74, 6) is 1.03. The van der Waals surface area contributed by atoms with Crippen LogP contribution in [-0.4, -0.2) is 34.9 Å². The highest BCUT2D eigenvalue weighted by molar-refractivity contribution is 6.90.